The third-order valence-electron chi connectivity index (χ3n) is 1.87. The lowest BCUT2D eigenvalue weighted by atomic mass is 10.1. The number of Topliss-reactive ketones (excluding diaryl/α,β-unsaturated/α-hetero) is 2. The molecule has 5 heteroatoms. The summed E-state index contributed by atoms with van der Waals surface area (Å²) in [6, 6.07) is 0. The number of ketones is 2. The van der Waals surface area contributed by atoms with Crippen LogP contribution in [0.25, 0.3) is 0 Å². The van der Waals surface area contributed by atoms with Gasteiger partial charge in [-0.2, -0.15) is 0 Å². The van der Waals surface area contributed by atoms with E-state index in [-0.39, 0.29) is 18.1 Å². The molecule has 1 aliphatic heterocycles. The number of nitrogens with two attached hydrogens (primary N) is 1. The molecule has 0 spiro atoms. The maximum absolute atomic E-state index is 11.0. The van der Waals surface area contributed by atoms with Crippen LogP contribution in [0.1, 0.15) is 13.8 Å². The topological polar surface area (TPSA) is 78.6 Å². The molecule has 1 aliphatic rings. The molecule has 0 saturated carbocycles. The minimum Gasteiger partial charge on any atom is -0.337 e. The van der Waals surface area contributed by atoms with Crippen LogP contribution >= 0.6 is 0 Å². The SMILES string of the molecule is CC(=O)C1OC(CN)OC1C(C)=O. The van der Waals surface area contributed by atoms with Crippen molar-refractivity contribution in [3.63, 3.8) is 0 Å². The lowest BCUT2D eigenvalue weighted by Gasteiger charge is -2.09. The smallest absolute Gasteiger partial charge is 0.171 e. The maximum Gasteiger partial charge on any atom is 0.171 e. The van der Waals surface area contributed by atoms with E-state index in [1.807, 2.05) is 0 Å². The van der Waals surface area contributed by atoms with E-state index in [1.54, 1.807) is 0 Å². The Hall–Kier alpha value is -0.780. The lowest BCUT2D eigenvalue weighted by Crippen LogP contribution is -2.34. The van der Waals surface area contributed by atoms with Crippen LogP contribution < -0.4 is 5.73 Å². The van der Waals surface area contributed by atoms with E-state index in [1.165, 1.54) is 13.8 Å². The largest absolute Gasteiger partial charge is 0.337 e. The number of hydrogen-bond donors (Lipinski definition) is 1. The highest BCUT2D eigenvalue weighted by Crippen LogP contribution is 2.19. The van der Waals surface area contributed by atoms with Crippen LogP contribution in [-0.2, 0) is 19.1 Å². The quantitative estimate of drug-likeness (QED) is 0.627. The molecule has 0 aromatic rings. The van der Waals surface area contributed by atoms with E-state index in [9.17, 15) is 9.59 Å². The Labute approximate surface area is 76.2 Å². The monoisotopic (exact) mass is 187 g/mol. The van der Waals surface area contributed by atoms with Crippen molar-refractivity contribution in [3.8, 4) is 0 Å². The average Bonchev–Trinajstić information content (AvgIpc) is 2.47. The summed E-state index contributed by atoms with van der Waals surface area (Å²) in [5.41, 5.74) is 5.29. The van der Waals surface area contributed by atoms with Crippen molar-refractivity contribution >= 4 is 11.6 Å². The molecule has 1 heterocycles. The predicted molar refractivity (Wildman–Crippen MR) is 44.0 cm³/mol. The van der Waals surface area contributed by atoms with Crippen LogP contribution in [0, 0.1) is 0 Å². The molecule has 2 unspecified atom stereocenters. The van der Waals surface area contributed by atoms with Gasteiger partial charge in [-0.3, -0.25) is 9.59 Å². The number of ether oxygens (including phenoxy) is 2. The molecule has 0 aliphatic carbocycles. The average molecular weight is 187 g/mol. The van der Waals surface area contributed by atoms with E-state index in [2.05, 4.69) is 0 Å². The first-order chi connectivity index (χ1) is 6.06. The van der Waals surface area contributed by atoms with Crippen molar-refractivity contribution < 1.29 is 19.1 Å². The fraction of sp³-hybridized carbons (Fsp3) is 0.750. The Morgan fingerprint density at radius 2 is 1.54 bits per heavy atom. The highest BCUT2D eigenvalue weighted by atomic mass is 16.7. The first-order valence-corrected chi connectivity index (χ1v) is 4.08. The van der Waals surface area contributed by atoms with Gasteiger partial charge in [0.05, 0.1) is 0 Å². The number of carbonyl (C=O) groups is 2. The van der Waals surface area contributed by atoms with Gasteiger partial charge in [-0.15, -0.1) is 0 Å². The van der Waals surface area contributed by atoms with Gasteiger partial charge in [0.1, 0.15) is 0 Å². The van der Waals surface area contributed by atoms with Gasteiger partial charge in [0.25, 0.3) is 0 Å². The molecule has 5 nitrogen and oxygen atoms in total. The molecule has 0 aromatic carbocycles. The van der Waals surface area contributed by atoms with Crippen LogP contribution in [0.2, 0.25) is 0 Å². The number of rotatable bonds is 3. The Morgan fingerprint density at radius 3 is 1.77 bits per heavy atom. The number of hydrogen-bond acceptors (Lipinski definition) is 5. The van der Waals surface area contributed by atoms with Gasteiger partial charge in [-0.1, -0.05) is 0 Å². The normalized spacial score (nSPS) is 33.3. The molecule has 2 atom stereocenters. The molecule has 0 aromatic heterocycles. The third-order valence-corrected chi connectivity index (χ3v) is 1.87. The van der Waals surface area contributed by atoms with Gasteiger partial charge in [0.15, 0.2) is 30.1 Å². The second kappa shape index (κ2) is 3.95. The fourth-order valence-corrected chi connectivity index (χ4v) is 1.23. The van der Waals surface area contributed by atoms with Crippen molar-refractivity contribution in [2.24, 2.45) is 5.73 Å². The molecule has 1 rings (SSSR count). The summed E-state index contributed by atoms with van der Waals surface area (Å²) in [7, 11) is 0. The van der Waals surface area contributed by atoms with Crippen molar-refractivity contribution in [2.45, 2.75) is 32.3 Å². The minimum absolute atomic E-state index is 0.146. The van der Waals surface area contributed by atoms with Gasteiger partial charge in [0, 0.05) is 6.54 Å². The molecule has 1 saturated heterocycles. The van der Waals surface area contributed by atoms with Crippen molar-refractivity contribution in [1.29, 1.82) is 0 Å². The summed E-state index contributed by atoms with van der Waals surface area (Å²) in [6.45, 7) is 2.87. The first kappa shape index (κ1) is 10.3. The van der Waals surface area contributed by atoms with E-state index >= 15 is 0 Å². The summed E-state index contributed by atoms with van der Waals surface area (Å²) < 4.78 is 10.3. The summed E-state index contributed by atoms with van der Waals surface area (Å²) in [5, 5.41) is 0. The van der Waals surface area contributed by atoms with Gasteiger partial charge >= 0.3 is 0 Å². The Bertz CT molecular complexity index is 206. The summed E-state index contributed by atoms with van der Waals surface area (Å²) in [4.78, 5) is 22.0. The fourth-order valence-electron chi connectivity index (χ4n) is 1.23. The predicted octanol–water partition coefficient (Wildman–Crippen LogP) is -0.767. The lowest BCUT2D eigenvalue weighted by molar-refractivity contribution is -0.132. The summed E-state index contributed by atoms with van der Waals surface area (Å²) in [6.07, 6.45) is -2.21. The second-order valence-electron chi connectivity index (χ2n) is 3.00. The summed E-state index contributed by atoms with van der Waals surface area (Å²) in [5.74, 6) is -0.424. The third kappa shape index (κ3) is 2.12. The van der Waals surface area contributed by atoms with E-state index in [0.29, 0.717) is 0 Å². The van der Waals surface area contributed by atoms with Crippen LogP contribution in [0.3, 0.4) is 0 Å². The summed E-state index contributed by atoms with van der Waals surface area (Å²) >= 11 is 0. The molecular weight excluding hydrogens is 174 g/mol. The second-order valence-corrected chi connectivity index (χ2v) is 3.00. The molecular formula is C8H13NO4. The van der Waals surface area contributed by atoms with E-state index in [4.69, 9.17) is 15.2 Å². The number of carbonyl (C=O) groups excluding carboxylic acids is 2. The molecule has 2 N–H and O–H groups in total. The van der Waals surface area contributed by atoms with Gasteiger partial charge in [-0.05, 0) is 13.8 Å². The van der Waals surface area contributed by atoms with Crippen molar-refractivity contribution in [2.75, 3.05) is 6.54 Å². The first-order valence-electron chi connectivity index (χ1n) is 4.08. The molecule has 13 heavy (non-hydrogen) atoms. The molecule has 74 valence electrons. The van der Waals surface area contributed by atoms with Crippen molar-refractivity contribution in [3.05, 3.63) is 0 Å². The van der Waals surface area contributed by atoms with Crippen LogP contribution in [-0.4, -0.2) is 36.6 Å². The minimum atomic E-state index is -0.786. The van der Waals surface area contributed by atoms with E-state index in [0.717, 1.165) is 0 Å². The molecule has 0 bridgehead atoms. The highest BCUT2D eigenvalue weighted by Gasteiger charge is 2.40. The highest BCUT2D eigenvalue weighted by molar-refractivity contribution is 5.91. The zero-order chi connectivity index (χ0) is 10.0. The molecule has 1 fully saturated rings. The van der Waals surface area contributed by atoms with Crippen LogP contribution in [0.4, 0.5) is 0 Å². The molecule has 0 radical (unpaired) electrons. The zero-order valence-electron chi connectivity index (χ0n) is 7.65. The Balaban J connectivity index is 2.71. The van der Waals surface area contributed by atoms with Crippen molar-refractivity contribution in [1.82, 2.24) is 0 Å². The zero-order valence-corrected chi connectivity index (χ0v) is 7.65. The van der Waals surface area contributed by atoms with Gasteiger partial charge in [0.2, 0.25) is 0 Å². The molecule has 0 amide bonds. The standard InChI is InChI=1S/C8H13NO4/c1-4(10)7-8(5(2)11)13-6(3-9)12-7/h6-8H,3,9H2,1-2H3. The van der Waals surface area contributed by atoms with Crippen LogP contribution in [0.5, 0.6) is 0 Å². The Morgan fingerprint density at radius 1 is 1.15 bits per heavy atom. The van der Waals surface area contributed by atoms with Gasteiger partial charge in [-0.25, -0.2) is 0 Å². The van der Waals surface area contributed by atoms with E-state index < -0.39 is 18.5 Å². The van der Waals surface area contributed by atoms with Gasteiger partial charge < -0.3 is 15.2 Å². The maximum atomic E-state index is 11.0. The van der Waals surface area contributed by atoms with Crippen LogP contribution in [0.15, 0.2) is 0 Å². The Kier molecular flexibility index (Phi) is 3.13.